The third-order valence-corrected chi connectivity index (χ3v) is 5.91. The zero-order chi connectivity index (χ0) is 23.5. The Balaban J connectivity index is 1.18. The maximum atomic E-state index is 12.7. The van der Waals surface area contributed by atoms with Gasteiger partial charge in [0, 0.05) is 36.0 Å². The largest absolute Gasteiger partial charge is 0.322 e. The third-order valence-electron chi connectivity index (χ3n) is 5.91. The van der Waals surface area contributed by atoms with E-state index in [-0.39, 0.29) is 11.8 Å². The fourth-order valence-corrected chi connectivity index (χ4v) is 4.10. The Morgan fingerprint density at radius 3 is 2.56 bits per heavy atom. The Hall–Kier alpha value is -4.33. The number of tetrazole rings is 1. The molecule has 1 N–H and O–H groups in total. The number of anilines is 2. The number of aromatic nitrogens is 4. The SMILES string of the molecule is CC(=O)N1CCc2cc(C(=O)Nc3ccc(CCn4nnc(-c5ccccc5)n4)cc3)ccc21. The molecule has 8 nitrogen and oxygen atoms in total. The van der Waals surface area contributed by atoms with E-state index in [1.165, 1.54) is 0 Å². The van der Waals surface area contributed by atoms with Crippen LogP contribution in [0.15, 0.2) is 72.8 Å². The summed E-state index contributed by atoms with van der Waals surface area (Å²) in [5.74, 6) is 0.462. The van der Waals surface area contributed by atoms with Gasteiger partial charge in [0.05, 0.1) is 6.54 Å². The highest BCUT2D eigenvalue weighted by Gasteiger charge is 2.23. The van der Waals surface area contributed by atoms with Crippen molar-refractivity contribution < 1.29 is 9.59 Å². The van der Waals surface area contributed by atoms with Gasteiger partial charge in [0.1, 0.15) is 0 Å². The van der Waals surface area contributed by atoms with E-state index < -0.39 is 0 Å². The third kappa shape index (κ3) is 4.56. The van der Waals surface area contributed by atoms with Crippen molar-refractivity contribution in [1.29, 1.82) is 0 Å². The molecule has 0 radical (unpaired) electrons. The highest BCUT2D eigenvalue weighted by Crippen LogP contribution is 2.29. The van der Waals surface area contributed by atoms with E-state index in [9.17, 15) is 9.59 Å². The summed E-state index contributed by atoms with van der Waals surface area (Å²) in [5, 5.41) is 15.6. The summed E-state index contributed by atoms with van der Waals surface area (Å²) in [6.07, 6.45) is 1.51. The summed E-state index contributed by atoms with van der Waals surface area (Å²) in [4.78, 5) is 27.8. The monoisotopic (exact) mass is 452 g/mol. The van der Waals surface area contributed by atoms with Crippen LogP contribution in [0.5, 0.6) is 0 Å². The Kier molecular flexibility index (Phi) is 5.86. The van der Waals surface area contributed by atoms with Gasteiger partial charge in [-0.15, -0.1) is 10.2 Å². The molecule has 2 amide bonds. The number of nitrogens with zero attached hydrogens (tertiary/aromatic N) is 5. The van der Waals surface area contributed by atoms with Crippen LogP contribution in [0, 0.1) is 0 Å². The summed E-state index contributed by atoms with van der Waals surface area (Å²) < 4.78 is 0. The number of carbonyl (C=O) groups excluding carboxylic acids is 2. The second kappa shape index (κ2) is 9.27. The number of hydrogen-bond acceptors (Lipinski definition) is 5. The van der Waals surface area contributed by atoms with E-state index in [1.54, 1.807) is 22.7 Å². The highest BCUT2D eigenvalue weighted by molar-refractivity contribution is 6.05. The summed E-state index contributed by atoms with van der Waals surface area (Å²) >= 11 is 0. The van der Waals surface area contributed by atoms with Crippen molar-refractivity contribution in [2.75, 3.05) is 16.8 Å². The standard InChI is InChI=1S/C26H24N6O2/c1-18(33)31-15-14-21-17-22(9-12-24(21)31)26(34)27-23-10-7-19(8-11-23)13-16-32-29-25(28-30-32)20-5-3-2-4-6-20/h2-12,17H,13-16H2,1H3,(H,27,34). The molecule has 1 aliphatic heterocycles. The molecule has 1 aliphatic rings. The first kappa shape index (κ1) is 21.5. The van der Waals surface area contributed by atoms with Gasteiger partial charge in [-0.2, -0.15) is 4.80 Å². The van der Waals surface area contributed by atoms with Crippen molar-refractivity contribution in [3.8, 4) is 11.4 Å². The van der Waals surface area contributed by atoms with Gasteiger partial charge in [-0.25, -0.2) is 0 Å². The van der Waals surface area contributed by atoms with Crippen molar-refractivity contribution in [2.24, 2.45) is 0 Å². The average molecular weight is 453 g/mol. The molecule has 0 saturated carbocycles. The maximum absolute atomic E-state index is 12.7. The first-order valence-corrected chi connectivity index (χ1v) is 11.2. The van der Waals surface area contributed by atoms with Crippen LogP contribution in [0.2, 0.25) is 0 Å². The molecule has 0 saturated heterocycles. The summed E-state index contributed by atoms with van der Waals surface area (Å²) in [6, 6.07) is 23.0. The molecule has 3 aromatic carbocycles. The number of fused-ring (bicyclic) bond motifs is 1. The van der Waals surface area contributed by atoms with E-state index >= 15 is 0 Å². The maximum Gasteiger partial charge on any atom is 0.255 e. The molecule has 0 fully saturated rings. The molecule has 1 aromatic heterocycles. The zero-order valence-electron chi connectivity index (χ0n) is 18.8. The molecule has 2 heterocycles. The number of nitrogens with one attached hydrogen (secondary N) is 1. The number of amides is 2. The summed E-state index contributed by atoms with van der Waals surface area (Å²) in [5.41, 5.74) is 5.28. The zero-order valence-corrected chi connectivity index (χ0v) is 18.8. The van der Waals surface area contributed by atoms with Crippen LogP contribution in [-0.2, 0) is 24.2 Å². The first-order valence-electron chi connectivity index (χ1n) is 11.2. The molecule has 0 atom stereocenters. The van der Waals surface area contributed by atoms with E-state index in [2.05, 4.69) is 20.7 Å². The minimum absolute atomic E-state index is 0.0206. The minimum atomic E-state index is -0.169. The number of carbonyl (C=O) groups is 2. The molecule has 5 rings (SSSR count). The van der Waals surface area contributed by atoms with Crippen LogP contribution in [0.4, 0.5) is 11.4 Å². The average Bonchev–Trinajstić information content (AvgIpc) is 3.51. The van der Waals surface area contributed by atoms with Gasteiger partial charge in [-0.3, -0.25) is 9.59 Å². The predicted molar refractivity (Wildman–Crippen MR) is 130 cm³/mol. The first-order chi connectivity index (χ1) is 16.6. The fourth-order valence-electron chi connectivity index (χ4n) is 4.10. The van der Waals surface area contributed by atoms with E-state index in [1.807, 2.05) is 66.7 Å². The lowest BCUT2D eigenvalue weighted by Crippen LogP contribution is -2.25. The Morgan fingerprint density at radius 1 is 1.00 bits per heavy atom. The predicted octanol–water partition coefficient (Wildman–Crippen LogP) is 3.74. The van der Waals surface area contributed by atoms with Crippen molar-refractivity contribution in [3.63, 3.8) is 0 Å². The van der Waals surface area contributed by atoms with Crippen LogP contribution in [0.1, 0.15) is 28.4 Å². The quantitative estimate of drug-likeness (QED) is 0.481. The van der Waals surface area contributed by atoms with Gasteiger partial charge in [0.2, 0.25) is 11.7 Å². The minimum Gasteiger partial charge on any atom is -0.322 e. The molecule has 4 aromatic rings. The second-order valence-corrected chi connectivity index (χ2v) is 8.24. The normalized spacial score (nSPS) is 12.4. The highest BCUT2D eigenvalue weighted by atomic mass is 16.2. The molecular weight excluding hydrogens is 428 g/mol. The molecule has 0 spiro atoms. The van der Waals surface area contributed by atoms with Crippen molar-refractivity contribution >= 4 is 23.2 Å². The molecule has 0 unspecified atom stereocenters. The fraction of sp³-hybridized carbons (Fsp3) is 0.192. The smallest absolute Gasteiger partial charge is 0.255 e. The van der Waals surface area contributed by atoms with Crippen molar-refractivity contribution in [1.82, 2.24) is 20.2 Å². The molecule has 0 aliphatic carbocycles. The van der Waals surface area contributed by atoms with Gasteiger partial charge in [0.25, 0.3) is 5.91 Å². The summed E-state index contributed by atoms with van der Waals surface area (Å²) in [6.45, 7) is 2.83. The van der Waals surface area contributed by atoms with Crippen LogP contribution in [0.25, 0.3) is 11.4 Å². The van der Waals surface area contributed by atoms with E-state index in [0.29, 0.717) is 24.5 Å². The molecule has 8 heteroatoms. The second-order valence-electron chi connectivity index (χ2n) is 8.24. The van der Waals surface area contributed by atoms with E-state index in [4.69, 9.17) is 0 Å². The number of aryl methyl sites for hydroxylation is 2. The molecule has 0 bridgehead atoms. The Bertz CT molecular complexity index is 1330. The molecule has 34 heavy (non-hydrogen) atoms. The van der Waals surface area contributed by atoms with Gasteiger partial charge < -0.3 is 10.2 Å². The molecule has 170 valence electrons. The van der Waals surface area contributed by atoms with E-state index in [0.717, 1.165) is 40.9 Å². The van der Waals surface area contributed by atoms with Crippen LogP contribution < -0.4 is 10.2 Å². The van der Waals surface area contributed by atoms with Crippen LogP contribution in [0.3, 0.4) is 0 Å². The van der Waals surface area contributed by atoms with Crippen molar-refractivity contribution in [2.45, 2.75) is 26.3 Å². The number of rotatable bonds is 6. The van der Waals surface area contributed by atoms with Crippen LogP contribution >= 0.6 is 0 Å². The lowest BCUT2D eigenvalue weighted by atomic mass is 10.1. The lowest BCUT2D eigenvalue weighted by molar-refractivity contribution is -0.116. The van der Waals surface area contributed by atoms with Crippen molar-refractivity contribution in [3.05, 3.63) is 89.5 Å². The van der Waals surface area contributed by atoms with Gasteiger partial charge in [-0.05, 0) is 59.5 Å². The number of hydrogen-bond donors (Lipinski definition) is 1. The topological polar surface area (TPSA) is 93.0 Å². The Labute approximate surface area is 197 Å². The number of benzene rings is 3. The lowest BCUT2D eigenvalue weighted by Gasteiger charge is -2.14. The Morgan fingerprint density at radius 2 is 1.79 bits per heavy atom. The van der Waals surface area contributed by atoms with Gasteiger partial charge >= 0.3 is 0 Å². The summed E-state index contributed by atoms with van der Waals surface area (Å²) in [7, 11) is 0. The molecular formula is C26H24N6O2. The van der Waals surface area contributed by atoms with Gasteiger partial charge in [0.15, 0.2) is 0 Å². The van der Waals surface area contributed by atoms with Crippen LogP contribution in [-0.4, -0.2) is 38.6 Å². The van der Waals surface area contributed by atoms with Gasteiger partial charge in [-0.1, -0.05) is 42.5 Å².